The van der Waals surface area contributed by atoms with Crippen LogP contribution in [0.4, 0.5) is 10.5 Å². The highest BCUT2D eigenvalue weighted by Crippen LogP contribution is 2.24. The van der Waals surface area contributed by atoms with Crippen LogP contribution in [0, 0.1) is 5.92 Å². The molecule has 1 aromatic rings. The first-order chi connectivity index (χ1) is 11.9. The summed E-state index contributed by atoms with van der Waals surface area (Å²) < 4.78 is 0. The van der Waals surface area contributed by atoms with Crippen molar-refractivity contribution in [1.82, 2.24) is 9.80 Å². The van der Waals surface area contributed by atoms with Gasteiger partial charge in [0.2, 0.25) is 0 Å². The Hall–Kier alpha value is -2.28. The summed E-state index contributed by atoms with van der Waals surface area (Å²) >= 11 is 6.20. The van der Waals surface area contributed by atoms with Crippen molar-refractivity contribution in [3.05, 3.63) is 28.8 Å². The minimum atomic E-state index is -0.891. The van der Waals surface area contributed by atoms with Crippen molar-refractivity contribution in [2.24, 2.45) is 5.92 Å². The maximum absolute atomic E-state index is 12.4. The van der Waals surface area contributed by atoms with Gasteiger partial charge in [0.1, 0.15) is 0 Å². The average molecular weight is 368 g/mol. The van der Waals surface area contributed by atoms with Crippen LogP contribution in [0.5, 0.6) is 0 Å². The second kappa shape index (κ2) is 8.20. The third kappa shape index (κ3) is 4.42. The molecule has 1 aliphatic rings. The van der Waals surface area contributed by atoms with Gasteiger partial charge in [-0.25, -0.2) is 4.79 Å². The lowest BCUT2D eigenvalue weighted by molar-refractivity contribution is -0.141. The van der Waals surface area contributed by atoms with E-state index in [0.717, 1.165) is 0 Å². The van der Waals surface area contributed by atoms with Crippen molar-refractivity contribution in [2.45, 2.75) is 20.3 Å². The molecule has 0 bridgehead atoms. The highest BCUT2D eigenvalue weighted by atomic mass is 35.5. The van der Waals surface area contributed by atoms with Gasteiger partial charge in [-0.2, -0.15) is 0 Å². The molecule has 0 aromatic heterocycles. The van der Waals surface area contributed by atoms with Crippen molar-refractivity contribution in [3.63, 3.8) is 0 Å². The summed E-state index contributed by atoms with van der Waals surface area (Å²) in [6, 6.07) is 4.36. The Balaban J connectivity index is 2.04. The lowest BCUT2D eigenvalue weighted by atomic mass is 10.1. The molecule has 0 saturated carbocycles. The van der Waals surface area contributed by atoms with Crippen molar-refractivity contribution in [3.8, 4) is 0 Å². The van der Waals surface area contributed by atoms with Gasteiger partial charge in [-0.1, -0.05) is 11.6 Å². The van der Waals surface area contributed by atoms with Crippen LogP contribution in [0.25, 0.3) is 0 Å². The number of aliphatic carboxylic acids is 1. The van der Waals surface area contributed by atoms with Crippen LogP contribution in [0.15, 0.2) is 18.2 Å². The molecule has 0 aliphatic carbocycles. The van der Waals surface area contributed by atoms with E-state index in [2.05, 4.69) is 5.32 Å². The third-order valence-corrected chi connectivity index (χ3v) is 4.64. The maximum Gasteiger partial charge on any atom is 0.321 e. The standard InChI is InChI=1S/C17H22ClN3O4/c1-3-20(4-2)15(22)13-6-5-12(9-14(13)18)19-17(25)21-8-7-11(10-21)16(23)24/h5-6,9,11H,3-4,7-8,10H2,1-2H3,(H,19,25)(H,23,24). The quantitative estimate of drug-likeness (QED) is 0.837. The molecule has 1 aromatic carbocycles. The summed E-state index contributed by atoms with van der Waals surface area (Å²) in [5, 5.41) is 12.0. The zero-order chi connectivity index (χ0) is 18.6. The van der Waals surface area contributed by atoms with Gasteiger partial charge < -0.3 is 20.2 Å². The number of hydrogen-bond donors (Lipinski definition) is 2. The molecule has 1 saturated heterocycles. The van der Waals surface area contributed by atoms with Crippen LogP contribution < -0.4 is 5.32 Å². The number of likely N-dealkylation sites (tertiary alicyclic amines) is 1. The number of benzene rings is 1. The first-order valence-corrected chi connectivity index (χ1v) is 8.62. The van der Waals surface area contributed by atoms with Gasteiger partial charge in [-0.15, -0.1) is 0 Å². The lowest BCUT2D eigenvalue weighted by Gasteiger charge is -2.20. The number of nitrogens with zero attached hydrogens (tertiary/aromatic N) is 2. The first-order valence-electron chi connectivity index (χ1n) is 8.24. The summed E-state index contributed by atoms with van der Waals surface area (Å²) in [5.41, 5.74) is 0.848. The fraction of sp³-hybridized carbons (Fsp3) is 0.471. The first kappa shape index (κ1) is 19.1. The van der Waals surface area contributed by atoms with E-state index in [0.29, 0.717) is 37.3 Å². The van der Waals surface area contributed by atoms with Crippen LogP contribution in [0.1, 0.15) is 30.6 Å². The van der Waals surface area contributed by atoms with E-state index in [4.69, 9.17) is 16.7 Å². The largest absolute Gasteiger partial charge is 0.481 e. The Bertz CT molecular complexity index is 676. The van der Waals surface area contributed by atoms with E-state index in [1.54, 1.807) is 17.0 Å². The molecule has 136 valence electrons. The zero-order valence-corrected chi connectivity index (χ0v) is 15.0. The summed E-state index contributed by atoms with van der Waals surface area (Å²) in [4.78, 5) is 38.7. The van der Waals surface area contributed by atoms with Gasteiger partial charge in [0.25, 0.3) is 5.91 Å². The molecule has 0 radical (unpaired) electrons. The average Bonchev–Trinajstić information content (AvgIpc) is 3.06. The summed E-state index contributed by atoms with van der Waals surface area (Å²) in [6.45, 7) is 5.55. The summed E-state index contributed by atoms with van der Waals surface area (Å²) in [7, 11) is 0. The molecule has 8 heteroatoms. The van der Waals surface area contributed by atoms with Crippen molar-refractivity contribution < 1.29 is 19.5 Å². The van der Waals surface area contributed by atoms with Crippen LogP contribution in [0.3, 0.4) is 0 Å². The Morgan fingerprint density at radius 2 is 2.00 bits per heavy atom. The summed E-state index contributed by atoms with van der Waals surface area (Å²) in [5.74, 6) is -1.57. The van der Waals surface area contributed by atoms with E-state index < -0.39 is 11.9 Å². The van der Waals surface area contributed by atoms with Gasteiger partial charge >= 0.3 is 12.0 Å². The van der Waals surface area contributed by atoms with Gasteiger partial charge in [-0.05, 0) is 38.5 Å². The smallest absolute Gasteiger partial charge is 0.321 e. The number of rotatable bonds is 5. The zero-order valence-electron chi connectivity index (χ0n) is 14.3. The summed E-state index contributed by atoms with van der Waals surface area (Å²) in [6.07, 6.45) is 0.445. The molecule has 2 N–H and O–H groups in total. The number of hydrogen-bond acceptors (Lipinski definition) is 3. The maximum atomic E-state index is 12.4. The Labute approximate surface area is 151 Å². The monoisotopic (exact) mass is 367 g/mol. The normalized spacial score (nSPS) is 16.6. The molecule has 1 heterocycles. The fourth-order valence-corrected chi connectivity index (χ4v) is 3.06. The van der Waals surface area contributed by atoms with Gasteiger partial charge in [-0.3, -0.25) is 9.59 Å². The number of carbonyl (C=O) groups excluding carboxylic acids is 2. The number of anilines is 1. The van der Waals surface area contributed by atoms with E-state index in [9.17, 15) is 14.4 Å². The van der Waals surface area contributed by atoms with Crippen LogP contribution in [-0.2, 0) is 4.79 Å². The van der Waals surface area contributed by atoms with E-state index in [1.165, 1.54) is 11.0 Å². The van der Waals surface area contributed by atoms with Crippen molar-refractivity contribution in [1.29, 1.82) is 0 Å². The SMILES string of the molecule is CCN(CC)C(=O)c1ccc(NC(=O)N2CCC(C(=O)O)C2)cc1Cl. The van der Waals surface area contributed by atoms with Crippen molar-refractivity contribution >= 4 is 35.2 Å². The molecule has 3 amide bonds. The molecule has 2 rings (SSSR count). The minimum Gasteiger partial charge on any atom is -0.481 e. The molecule has 7 nitrogen and oxygen atoms in total. The molecule has 1 unspecified atom stereocenters. The Morgan fingerprint density at radius 3 is 2.52 bits per heavy atom. The van der Waals surface area contributed by atoms with Gasteiger partial charge in [0, 0.05) is 31.9 Å². The number of urea groups is 1. The predicted octanol–water partition coefficient (Wildman–Crippen LogP) is 2.76. The molecular weight excluding hydrogens is 346 g/mol. The number of carbonyl (C=O) groups is 3. The van der Waals surface area contributed by atoms with E-state index >= 15 is 0 Å². The van der Waals surface area contributed by atoms with Gasteiger partial charge in [0.15, 0.2) is 0 Å². The fourth-order valence-electron chi connectivity index (χ4n) is 2.80. The van der Waals surface area contributed by atoms with Crippen LogP contribution in [-0.4, -0.2) is 59.0 Å². The number of halogens is 1. The molecular formula is C17H22ClN3O4. The number of carboxylic acid groups (broad SMARTS) is 1. The second-order valence-corrected chi connectivity index (χ2v) is 6.28. The van der Waals surface area contributed by atoms with Crippen LogP contribution >= 0.6 is 11.6 Å². The number of carboxylic acids is 1. The number of nitrogens with one attached hydrogen (secondary N) is 1. The van der Waals surface area contributed by atoms with Crippen LogP contribution in [0.2, 0.25) is 5.02 Å². The Kier molecular flexibility index (Phi) is 6.25. The Morgan fingerprint density at radius 1 is 1.32 bits per heavy atom. The molecule has 1 atom stereocenters. The highest BCUT2D eigenvalue weighted by molar-refractivity contribution is 6.34. The molecule has 25 heavy (non-hydrogen) atoms. The van der Waals surface area contributed by atoms with E-state index in [1.807, 2.05) is 13.8 Å². The molecule has 1 aliphatic heterocycles. The molecule has 1 fully saturated rings. The molecule has 0 spiro atoms. The highest BCUT2D eigenvalue weighted by Gasteiger charge is 2.30. The minimum absolute atomic E-state index is 0.156. The topological polar surface area (TPSA) is 90.0 Å². The lowest BCUT2D eigenvalue weighted by Crippen LogP contribution is -2.34. The number of amides is 3. The van der Waals surface area contributed by atoms with E-state index in [-0.39, 0.29) is 23.5 Å². The third-order valence-electron chi connectivity index (χ3n) is 4.33. The van der Waals surface area contributed by atoms with Crippen molar-refractivity contribution in [2.75, 3.05) is 31.5 Å². The second-order valence-electron chi connectivity index (χ2n) is 5.87. The predicted molar refractivity (Wildman–Crippen MR) is 95.0 cm³/mol. The van der Waals surface area contributed by atoms with Gasteiger partial charge in [0.05, 0.1) is 16.5 Å².